The number of hydrogen-bond acceptors (Lipinski definition) is 4. The summed E-state index contributed by atoms with van der Waals surface area (Å²) in [4.78, 5) is 11.3. The molecular formula is C11H20O4. The van der Waals surface area contributed by atoms with Crippen molar-refractivity contribution in [2.45, 2.75) is 32.6 Å². The summed E-state index contributed by atoms with van der Waals surface area (Å²) >= 11 is 0. The molecule has 0 rings (SSSR count). The Hall–Kier alpha value is -0.870. The van der Waals surface area contributed by atoms with Crippen LogP contribution < -0.4 is 0 Å². The molecule has 0 unspecified atom stereocenters. The maximum Gasteiger partial charge on any atom is 0.333 e. The van der Waals surface area contributed by atoms with E-state index < -0.39 is 0 Å². The van der Waals surface area contributed by atoms with Crippen LogP contribution >= 0.6 is 0 Å². The van der Waals surface area contributed by atoms with Crippen LogP contribution in [0.3, 0.4) is 0 Å². The van der Waals surface area contributed by atoms with E-state index in [2.05, 4.69) is 0 Å². The molecule has 88 valence electrons. The Balaban J connectivity index is 3.66. The smallest absolute Gasteiger partial charge is 0.333 e. The van der Waals surface area contributed by atoms with Gasteiger partial charge in [-0.2, -0.15) is 0 Å². The summed E-state index contributed by atoms with van der Waals surface area (Å²) in [5.74, 6) is -0.326. The number of aliphatic hydroxyl groups excluding tert-OH is 2. The van der Waals surface area contributed by atoms with Gasteiger partial charge in [0, 0.05) is 25.2 Å². The zero-order chi connectivity index (χ0) is 11.5. The first kappa shape index (κ1) is 14.1. The third-order valence-electron chi connectivity index (χ3n) is 1.92. The van der Waals surface area contributed by atoms with Gasteiger partial charge < -0.3 is 14.9 Å². The molecule has 0 aromatic rings. The van der Waals surface area contributed by atoms with Gasteiger partial charge in [0.1, 0.15) is 0 Å². The maximum absolute atomic E-state index is 11.3. The topological polar surface area (TPSA) is 66.8 Å². The molecule has 4 nitrogen and oxygen atoms in total. The van der Waals surface area contributed by atoms with Crippen molar-refractivity contribution in [3.05, 3.63) is 11.6 Å². The molecule has 0 atom stereocenters. The predicted octanol–water partition coefficient (Wildman–Crippen LogP) is 1.02. The molecule has 0 aliphatic rings. The molecule has 0 amide bonds. The number of allylic oxidation sites excluding steroid dienone is 1. The number of carbonyl (C=O) groups is 1. The summed E-state index contributed by atoms with van der Waals surface area (Å²) in [5.41, 5.74) is 0.589. The molecule has 0 bridgehead atoms. The van der Waals surface area contributed by atoms with E-state index >= 15 is 0 Å². The lowest BCUT2D eigenvalue weighted by Crippen LogP contribution is -2.08. The quantitative estimate of drug-likeness (QED) is 0.361. The number of esters is 1. The zero-order valence-electron chi connectivity index (χ0n) is 9.24. The van der Waals surface area contributed by atoms with E-state index in [0.717, 1.165) is 19.3 Å². The first-order valence-corrected chi connectivity index (χ1v) is 5.28. The number of hydrogen-bond donors (Lipinski definition) is 2. The molecule has 2 N–H and O–H groups in total. The van der Waals surface area contributed by atoms with Crippen molar-refractivity contribution in [1.82, 2.24) is 0 Å². The third-order valence-corrected chi connectivity index (χ3v) is 1.92. The number of rotatable bonds is 8. The molecule has 0 spiro atoms. The van der Waals surface area contributed by atoms with E-state index in [1.54, 1.807) is 6.92 Å². The maximum atomic E-state index is 11.3. The van der Waals surface area contributed by atoms with Crippen LogP contribution in [0.4, 0.5) is 0 Å². The molecular weight excluding hydrogens is 196 g/mol. The molecule has 15 heavy (non-hydrogen) atoms. The van der Waals surface area contributed by atoms with Crippen molar-refractivity contribution < 1.29 is 19.7 Å². The molecule has 0 aliphatic carbocycles. The third kappa shape index (κ3) is 8.15. The Bertz CT molecular complexity index is 199. The van der Waals surface area contributed by atoms with E-state index in [1.807, 2.05) is 6.08 Å². The molecule has 0 saturated carbocycles. The molecule has 0 heterocycles. The standard InChI is InChI=1S/C11H20O4/c1-10(6-3-2-4-7-12)11(14)15-9-5-8-13/h6,12-13H,2-5,7-9H2,1H3. The van der Waals surface area contributed by atoms with Crippen LogP contribution in [0.5, 0.6) is 0 Å². The predicted molar refractivity (Wildman–Crippen MR) is 57.4 cm³/mol. The first-order chi connectivity index (χ1) is 7.22. The number of unbranched alkanes of at least 4 members (excludes halogenated alkanes) is 2. The van der Waals surface area contributed by atoms with Gasteiger partial charge in [0.15, 0.2) is 0 Å². The van der Waals surface area contributed by atoms with E-state index in [4.69, 9.17) is 14.9 Å². The second-order valence-corrected chi connectivity index (χ2v) is 3.32. The monoisotopic (exact) mass is 216 g/mol. The van der Waals surface area contributed by atoms with Gasteiger partial charge in [0.05, 0.1) is 6.61 Å². The summed E-state index contributed by atoms with van der Waals surface area (Å²) in [5, 5.41) is 17.0. The van der Waals surface area contributed by atoms with Gasteiger partial charge in [-0.05, 0) is 26.2 Å². The molecule has 0 fully saturated rings. The van der Waals surface area contributed by atoms with Crippen LogP contribution in [0.1, 0.15) is 32.6 Å². The fourth-order valence-corrected chi connectivity index (χ4v) is 1.00. The van der Waals surface area contributed by atoms with Crippen LogP contribution in [0, 0.1) is 0 Å². The van der Waals surface area contributed by atoms with E-state index in [0.29, 0.717) is 12.0 Å². The lowest BCUT2D eigenvalue weighted by molar-refractivity contribution is -0.139. The van der Waals surface area contributed by atoms with Crippen LogP contribution in [-0.4, -0.2) is 36.0 Å². The molecule has 0 aliphatic heterocycles. The largest absolute Gasteiger partial charge is 0.462 e. The van der Waals surface area contributed by atoms with Gasteiger partial charge in [-0.15, -0.1) is 0 Å². The Morgan fingerprint density at radius 1 is 1.20 bits per heavy atom. The van der Waals surface area contributed by atoms with Gasteiger partial charge in [-0.25, -0.2) is 4.79 Å². The van der Waals surface area contributed by atoms with Gasteiger partial charge in [-0.1, -0.05) is 6.08 Å². The minimum absolute atomic E-state index is 0.0343. The number of aliphatic hydroxyl groups is 2. The zero-order valence-corrected chi connectivity index (χ0v) is 9.24. The highest BCUT2D eigenvalue weighted by atomic mass is 16.5. The average Bonchev–Trinajstić information content (AvgIpc) is 2.24. The summed E-state index contributed by atoms with van der Waals surface area (Å²) in [6.45, 7) is 2.19. The van der Waals surface area contributed by atoms with Gasteiger partial charge in [-0.3, -0.25) is 0 Å². The second kappa shape index (κ2) is 9.68. The molecule has 0 saturated heterocycles. The lowest BCUT2D eigenvalue weighted by atomic mass is 10.2. The Morgan fingerprint density at radius 3 is 2.47 bits per heavy atom. The van der Waals surface area contributed by atoms with Gasteiger partial charge in [0.2, 0.25) is 0 Å². The van der Waals surface area contributed by atoms with Crippen LogP contribution in [-0.2, 0) is 9.53 Å². The first-order valence-electron chi connectivity index (χ1n) is 5.28. The fourth-order valence-electron chi connectivity index (χ4n) is 1.00. The summed E-state index contributed by atoms with van der Waals surface area (Å²) in [6, 6.07) is 0. The van der Waals surface area contributed by atoms with Gasteiger partial charge in [0.25, 0.3) is 0 Å². The van der Waals surface area contributed by atoms with E-state index in [-0.39, 0.29) is 25.8 Å². The average molecular weight is 216 g/mol. The van der Waals surface area contributed by atoms with E-state index in [1.165, 1.54) is 0 Å². The molecule has 0 aromatic heterocycles. The minimum atomic E-state index is -0.326. The van der Waals surface area contributed by atoms with Crippen molar-refractivity contribution in [3.8, 4) is 0 Å². The highest BCUT2D eigenvalue weighted by Gasteiger charge is 2.04. The van der Waals surface area contributed by atoms with Crippen molar-refractivity contribution in [2.24, 2.45) is 0 Å². The van der Waals surface area contributed by atoms with Crippen molar-refractivity contribution >= 4 is 5.97 Å². The Morgan fingerprint density at radius 2 is 1.87 bits per heavy atom. The highest BCUT2D eigenvalue weighted by Crippen LogP contribution is 2.03. The second-order valence-electron chi connectivity index (χ2n) is 3.32. The SMILES string of the molecule is CC(=CCCCCO)C(=O)OCCCO. The molecule has 0 radical (unpaired) electrons. The molecule has 4 heteroatoms. The lowest BCUT2D eigenvalue weighted by Gasteiger charge is -2.03. The fraction of sp³-hybridized carbons (Fsp3) is 0.727. The van der Waals surface area contributed by atoms with Crippen LogP contribution in [0.25, 0.3) is 0 Å². The van der Waals surface area contributed by atoms with Crippen molar-refractivity contribution in [2.75, 3.05) is 19.8 Å². The van der Waals surface area contributed by atoms with E-state index in [9.17, 15) is 4.79 Å². The summed E-state index contributed by atoms with van der Waals surface area (Å²) in [6.07, 6.45) is 4.70. The highest BCUT2D eigenvalue weighted by molar-refractivity contribution is 5.87. The van der Waals surface area contributed by atoms with Crippen LogP contribution in [0.2, 0.25) is 0 Å². The van der Waals surface area contributed by atoms with Crippen molar-refractivity contribution in [1.29, 1.82) is 0 Å². The Kier molecular flexibility index (Phi) is 9.11. The number of carbonyl (C=O) groups excluding carboxylic acids is 1. The summed E-state index contributed by atoms with van der Waals surface area (Å²) < 4.78 is 4.88. The summed E-state index contributed by atoms with van der Waals surface area (Å²) in [7, 11) is 0. The molecule has 0 aromatic carbocycles. The normalized spacial score (nSPS) is 11.5. The minimum Gasteiger partial charge on any atom is -0.462 e. The number of ether oxygens (including phenoxy) is 1. The van der Waals surface area contributed by atoms with Gasteiger partial charge >= 0.3 is 5.97 Å². The Labute approximate surface area is 90.6 Å². The van der Waals surface area contributed by atoms with Crippen molar-refractivity contribution in [3.63, 3.8) is 0 Å². The van der Waals surface area contributed by atoms with Crippen LogP contribution in [0.15, 0.2) is 11.6 Å².